The van der Waals surface area contributed by atoms with Gasteiger partial charge in [0.25, 0.3) is 0 Å². The second-order valence-corrected chi connectivity index (χ2v) is 5.01. The minimum atomic E-state index is -1.11. The highest BCUT2D eigenvalue weighted by atomic mass is 19.1. The van der Waals surface area contributed by atoms with E-state index in [9.17, 15) is 9.18 Å². The van der Waals surface area contributed by atoms with Gasteiger partial charge in [-0.25, -0.2) is 9.18 Å². The molecular formula is C14H14FNO3. The summed E-state index contributed by atoms with van der Waals surface area (Å²) >= 11 is 0. The summed E-state index contributed by atoms with van der Waals surface area (Å²) in [5.74, 6) is 1.12. The zero-order valence-corrected chi connectivity index (χ0v) is 10.6. The molecule has 0 aromatic heterocycles. The van der Waals surface area contributed by atoms with Crippen LogP contribution in [0.15, 0.2) is 17.1 Å². The Balaban J connectivity index is 2.16. The van der Waals surface area contributed by atoms with Gasteiger partial charge in [-0.3, -0.25) is 0 Å². The van der Waals surface area contributed by atoms with Crippen LogP contribution in [0.4, 0.5) is 4.39 Å². The summed E-state index contributed by atoms with van der Waals surface area (Å²) in [7, 11) is 0. The Bertz CT molecular complexity index is 560. The molecule has 3 rings (SSSR count). The van der Waals surface area contributed by atoms with Crippen LogP contribution < -0.4 is 9.47 Å². The smallest absolute Gasteiger partial charge is 0.235 e. The number of benzene rings is 1. The largest absolute Gasteiger partial charge is 0.454 e. The first-order valence-electron chi connectivity index (χ1n) is 6.33. The predicted octanol–water partition coefficient (Wildman–Crippen LogP) is 3.16. The number of alkyl halides is 1. The van der Waals surface area contributed by atoms with E-state index in [-0.39, 0.29) is 6.79 Å². The van der Waals surface area contributed by atoms with Crippen LogP contribution in [-0.4, -0.2) is 12.9 Å². The van der Waals surface area contributed by atoms with E-state index >= 15 is 0 Å². The zero-order valence-electron chi connectivity index (χ0n) is 10.6. The average molecular weight is 263 g/mol. The summed E-state index contributed by atoms with van der Waals surface area (Å²) in [6, 6.07) is 3.38. The van der Waals surface area contributed by atoms with Crippen LogP contribution >= 0.6 is 0 Å². The Morgan fingerprint density at radius 1 is 1.42 bits per heavy atom. The van der Waals surface area contributed by atoms with Crippen molar-refractivity contribution in [2.24, 2.45) is 4.99 Å². The molecule has 0 amide bonds. The van der Waals surface area contributed by atoms with Gasteiger partial charge in [0.1, 0.15) is 11.7 Å². The number of hydrogen-bond acceptors (Lipinski definition) is 4. The Hall–Kier alpha value is -1.87. The Morgan fingerprint density at radius 2 is 2.21 bits per heavy atom. The van der Waals surface area contributed by atoms with Crippen LogP contribution in [0.5, 0.6) is 11.5 Å². The SMILES string of the molecule is CC(F)c1cc2c(c(C3(N=C=O)CCC3)c1)OCO2. The minimum absolute atomic E-state index is 0.118. The lowest BCUT2D eigenvalue weighted by molar-refractivity contribution is 0.168. The van der Waals surface area contributed by atoms with Crippen LogP contribution in [0.3, 0.4) is 0 Å². The fraction of sp³-hybridized carbons (Fsp3) is 0.500. The number of rotatable bonds is 3. The van der Waals surface area contributed by atoms with Gasteiger partial charge >= 0.3 is 0 Å². The highest BCUT2D eigenvalue weighted by Gasteiger charge is 2.43. The third kappa shape index (κ3) is 1.81. The van der Waals surface area contributed by atoms with E-state index in [1.807, 2.05) is 0 Å². The fourth-order valence-corrected chi connectivity index (χ4v) is 2.65. The Labute approximate surface area is 110 Å². The van der Waals surface area contributed by atoms with E-state index in [1.165, 1.54) is 6.92 Å². The van der Waals surface area contributed by atoms with Crippen molar-refractivity contribution in [3.63, 3.8) is 0 Å². The quantitative estimate of drug-likeness (QED) is 0.621. The highest BCUT2D eigenvalue weighted by Crippen LogP contribution is 2.52. The predicted molar refractivity (Wildman–Crippen MR) is 65.7 cm³/mol. The Kier molecular flexibility index (Phi) is 2.79. The first-order valence-corrected chi connectivity index (χ1v) is 6.33. The van der Waals surface area contributed by atoms with Crippen LogP contribution in [0.25, 0.3) is 0 Å². The molecule has 1 aliphatic carbocycles. The fourth-order valence-electron chi connectivity index (χ4n) is 2.65. The van der Waals surface area contributed by atoms with Gasteiger partial charge in [0.15, 0.2) is 11.5 Å². The summed E-state index contributed by atoms with van der Waals surface area (Å²) in [5, 5.41) is 0. The van der Waals surface area contributed by atoms with Gasteiger partial charge in [-0.05, 0) is 43.9 Å². The number of fused-ring (bicyclic) bond motifs is 1. The number of hydrogen-bond donors (Lipinski definition) is 0. The third-order valence-corrected chi connectivity index (χ3v) is 3.90. The summed E-state index contributed by atoms with van der Waals surface area (Å²) < 4.78 is 24.4. The molecule has 0 saturated heterocycles. The molecule has 1 heterocycles. The van der Waals surface area contributed by atoms with Gasteiger partial charge in [0.2, 0.25) is 12.9 Å². The van der Waals surface area contributed by atoms with E-state index in [4.69, 9.17) is 9.47 Å². The number of carbonyl (C=O) groups excluding carboxylic acids is 1. The van der Waals surface area contributed by atoms with Crippen molar-refractivity contribution in [3.8, 4) is 11.5 Å². The summed E-state index contributed by atoms with van der Waals surface area (Å²) in [6.45, 7) is 1.59. The number of nitrogens with zero attached hydrogens (tertiary/aromatic N) is 1. The standard InChI is InChI=1S/C14H14FNO3/c1-9(15)10-5-11(13-12(6-10)18-8-19-13)14(16-7-17)3-2-4-14/h5-6,9H,2-4,8H2,1H3. The van der Waals surface area contributed by atoms with Crippen LogP contribution in [-0.2, 0) is 10.3 Å². The molecule has 1 unspecified atom stereocenters. The lowest BCUT2D eigenvalue weighted by Gasteiger charge is -2.37. The van der Waals surface area contributed by atoms with E-state index in [0.29, 0.717) is 17.1 Å². The molecule has 100 valence electrons. The molecule has 1 aromatic rings. The zero-order chi connectivity index (χ0) is 13.5. The summed E-state index contributed by atoms with van der Waals surface area (Å²) in [6.07, 6.45) is 3.01. The number of aliphatic imine (C=N–C) groups is 1. The number of ether oxygens (including phenoxy) is 2. The molecule has 1 atom stereocenters. The van der Waals surface area contributed by atoms with Crippen molar-refractivity contribution < 1.29 is 18.7 Å². The maximum Gasteiger partial charge on any atom is 0.235 e. The minimum Gasteiger partial charge on any atom is -0.454 e. The monoisotopic (exact) mass is 263 g/mol. The number of isocyanates is 1. The van der Waals surface area contributed by atoms with Crippen LogP contribution in [0, 0.1) is 0 Å². The summed E-state index contributed by atoms with van der Waals surface area (Å²) in [4.78, 5) is 14.6. The summed E-state index contributed by atoms with van der Waals surface area (Å²) in [5.41, 5.74) is 0.660. The van der Waals surface area contributed by atoms with Gasteiger partial charge in [-0.15, -0.1) is 0 Å². The molecular weight excluding hydrogens is 249 g/mol. The molecule has 2 aliphatic rings. The normalized spacial score (nSPS) is 20.3. The third-order valence-electron chi connectivity index (χ3n) is 3.90. The molecule has 19 heavy (non-hydrogen) atoms. The molecule has 1 fully saturated rings. The van der Waals surface area contributed by atoms with Crippen LogP contribution in [0.2, 0.25) is 0 Å². The topological polar surface area (TPSA) is 47.9 Å². The van der Waals surface area contributed by atoms with Gasteiger partial charge in [0, 0.05) is 5.56 Å². The molecule has 0 N–H and O–H groups in total. The molecule has 1 aromatic carbocycles. The van der Waals surface area contributed by atoms with Gasteiger partial charge in [-0.1, -0.05) is 0 Å². The van der Waals surface area contributed by atoms with Gasteiger partial charge in [0.05, 0.1) is 0 Å². The second kappa shape index (κ2) is 4.35. The average Bonchev–Trinajstić information content (AvgIpc) is 2.80. The van der Waals surface area contributed by atoms with E-state index in [2.05, 4.69) is 4.99 Å². The van der Waals surface area contributed by atoms with Gasteiger partial charge in [-0.2, -0.15) is 4.99 Å². The Morgan fingerprint density at radius 3 is 2.79 bits per heavy atom. The highest BCUT2D eigenvalue weighted by molar-refractivity contribution is 5.56. The lowest BCUT2D eigenvalue weighted by atomic mass is 9.71. The van der Waals surface area contributed by atoms with Crippen molar-refractivity contribution in [1.82, 2.24) is 0 Å². The number of halogens is 1. The molecule has 0 radical (unpaired) electrons. The maximum atomic E-state index is 13.6. The first kappa shape index (κ1) is 12.2. The van der Waals surface area contributed by atoms with Crippen molar-refractivity contribution in [2.45, 2.75) is 37.9 Å². The molecule has 1 saturated carbocycles. The van der Waals surface area contributed by atoms with Crippen molar-refractivity contribution in [3.05, 3.63) is 23.3 Å². The van der Waals surface area contributed by atoms with Gasteiger partial charge < -0.3 is 9.47 Å². The van der Waals surface area contributed by atoms with E-state index < -0.39 is 11.7 Å². The van der Waals surface area contributed by atoms with Crippen LogP contribution in [0.1, 0.15) is 43.5 Å². The maximum absolute atomic E-state index is 13.6. The van der Waals surface area contributed by atoms with Crippen molar-refractivity contribution in [2.75, 3.05) is 6.79 Å². The molecule has 0 bridgehead atoms. The van der Waals surface area contributed by atoms with E-state index in [0.717, 1.165) is 24.8 Å². The first-order chi connectivity index (χ1) is 9.16. The van der Waals surface area contributed by atoms with Crippen molar-refractivity contribution in [1.29, 1.82) is 0 Å². The van der Waals surface area contributed by atoms with E-state index in [1.54, 1.807) is 18.2 Å². The second-order valence-electron chi connectivity index (χ2n) is 5.01. The molecule has 5 heteroatoms. The lowest BCUT2D eigenvalue weighted by Crippen LogP contribution is -2.32. The molecule has 4 nitrogen and oxygen atoms in total. The molecule has 1 aliphatic heterocycles. The van der Waals surface area contributed by atoms with Crippen molar-refractivity contribution >= 4 is 6.08 Å². The molecule has 0 spiro atoms.